The fourth-order valence-corrected chi connectivity index (χ4v) is 5.41. The molecule has 1 saturated carbocycles. The number of rotatable bonds is 16. The van der Waals surface area contributed by atoms with Gasteiger partial charge in [-0.1, -0.05) is 88.8 Å². The highest BCUT2D eigenvalue weighted by atomic mass is 16.3. The molecule has 0 aliphatic heterocycles. The van der Waals surface area contributed by atoms with Gasteiger partial charge in [-0.15, -0.1) is 0 Å². The molecule has 0 saturated heterocycles. The number of aliphatic hydroxyl groups excluding tert-OH is 1. The molecule has 40 heavy (non-hydrogen) atoms. The van der Waals surface area contributed by atoms with Gasteiger partial charge in [0.1, 0.15) is 5.78 Å². The normalized spacial score (nSPS) is 19.6. The van der Waals surface area contributed by atoms with Crippen LogP contribution < -0.4 is 10.6 Å². The quantitative estimate of drug-likeness (QED) is 0.150. The SMILES string of the molecule is CCCCC[C@H](C)/C=C/[C@H]1[C@H](O)CC(=O)[C@@H]1CCCCCCC(=O)Nc1cccc(C(=O)Nc2ccccc2)c1. The largest absolute Gasteiger partial charge is 0.392 e. The third kappa shape index (κ3) is 10.4. The molecule has 3 N–H and O–H groups in total. The number of anilines is 2. The molecule has 0 unspecified atom stereocenters. The van der Waals surface area contributed by atoms with E-state index in [1.807, 2.05) is 30.3 Å². The van der Waals surface area contributed by atoms with E-state index in [4.69, 9.17) is 0 Å². The van der Waals surface area contributed by atoms with Gasteiger partial charge in [-0.2, -0.15) is 0 Å². The van der Waals surface area contributed by atoms with E-state index in [0.717, 1.165) is 44.2 Å². The molecule has 2 amide bonds. The lowest BCUT2D eigenvalue weighted by Crippen LogP contribution is -2.18. The van der Waals surface area contributed by atoms with Gasteiger partial charge in [0.15, 0.2) is 0 Å². The molecule has 0 heterocycles. The van der Waals surface area contributed by atoms with Gasteiger partial charge in [0.2, 0.25) is 5.91 Å². The summed E-state index contributed by atoms with van der Waals surface area (Å²) in [5.41, 5.74) is 1.80. The Hall–Kier alpha value is -3.25. The minimum atomic E-state index is -0.566. The Balaban J connectivity index is 1.35. The van der Waals surface area contributed by atoms with Crippen molar-refractivity contribution in [2.45, 2.75) is 90.6 Å². The minimum Gasteiger partial charge on any atom is -0.392 e. The van der Waals surface area contributed by atoms with Crippen molar-refractivity contribution in [3.63, 3.8) is 0 Å². The smallest absolute Gasteiger partial charge is 0.255 e. The summed E-state index contributed by atoms with van der Waals surface area (Å²) in [6, 6.07) is 16.2. The Morgan fingerprint density at radius 2 is 1.70 bits per heavy atom. The van der Waals surface area contributed by atoms with E-state index in [-0.39, 0.29) is 35.9 Å². The van der Waals surface area contributed by atoms with Crippen LogP contribution in [0.15, 0.2) is 66.7 Å². The summed E-state index contributed by atoms with van der Waals surface area (Å²) in [5, 5.41) is 16.2. The topological polar surface area (TPSA) is 95.5 Å². The number of allylic oxidation sites excluding steroid dienone is 1. The molecular weight excluding hydrogens is 500 g/mol. The van der Waals surface area contributed by atoms with Crippen LogP contribution in [0.5, 0.6) is 0 Å². The Bertz CT molecular complexity index is 1110. The number of Topliss-reactive ketones (excluding diaryl/α,β-unsaturated/α-hetero) is 1. The molecule has 1 aliphatic rings. The van der Waals surface area contributed by atoms with Gasteiger partial charge in [0.25, 0.3) is 5.91 Å². The van der Waals surface area contributed by atoms with Crippen LogP contribution in [0.1, 0.15) is 94.8 Å². The Morgan fingerprint density at radius 3 is 2.48 bits per heavy atom. The molecule has 0 aromatic heterocycles. The number of benzene rings is 2. The van der Waals surface area contributed by atoms with Crippen molar-refractivity contribution >= 4 is 29.0 Å². The standard InChI is InChI=1S/C34H46N2O4/c1-3-4-8-14-25(2)21-22-30-29(31(37)24-32(30)38)19-11-5-6-12-20-33(39)35-28-18-13-15-26(23-28)34(40)36-27-16-9-7-10-17-27/h7,9-10,13,15-18,21-23,25,29-30,32,38H,3-6,8,11-12,14,19-20,24H2,1-2H3,(H,35,39)(H,36,40)/b22-21+/t25-,29+,30+,32+/m0/s1. The number of para-hydroxylation sites is 1. The summed E-state index contributed by atoms with van der Waals surface area (Å²) in [6.07, 6.45) is 13.5. The van der Waals surface area contributed by atoms with Crippen LogP contribution in [-0.4, -0.2) is 28.8 Å². The molecule has 2 aromatic rings. The van der Waals surface area contributed by atoms with Gasteiger partial charge in [-0.3, -0.25) is 14.4 Å². The summed E-state index contributed by atoms with van der Waals surface area (Å²) in [5.74, 6) is 0.180. The number of hydrogen-bond acceptors (Lipinski definition) is 4. The maximum absolute atomic E-state index is 12.5. The van der Waals surface area contributed by atoms with E-state index in [0.29, 0.717) is 23.6 Å². The first kappa shape index (κ1) is 31.3. The molecular formula is C34H46N2O4. The van der Waals surface area contributed by atoms with Crippen LogP contribution in [-0.2, 0) is 9.59 Å². The van der Waals surface area contributed by atoms with Crippen LogP contribution >= 0.6 is 0 Å². The number of carbonyl (C=O) groups excluding carboxylic acids is 3. The number of hydrogen-bond donors (Lipinski definition) is 3. The van der Waals surface area contributed by atoms with Crippen molar-refractivity contribution in [3.05, 3.63) is 72.3 Å². The first-order chi connectivity index (χ1) is 19.4. The fourth-order valence-electron chi connectivity index (χ4n) is 5.41. The van der Waals surface area contributed by atoms with Crippen LogP contribution in [0.4, 0.5) is 11.4 Å². The fraction of sp³-hybridized carbons (Fsp3) is 0.500. The second kappa shape index (κ2) is 16.8. The third-order valence-electron chi connectivity index (χ3n) is 7.77. The Morgan fingerprint density at radius 1 is 0.950 bits per heavy atom. The monoisotopic (exact) mass is 546 g/mol. The molecule has 1 fully saturated rings. The summed E-state index contributed by atoms with van der Waals surface area (Å²) < 4.78 is 0. The number of carbonyl (C=O) groups is 3. The van der Waals surface area contributed by atoms with Crippen LogP contribution in [0.3, 0.4) is 0 Å². The van der Waals surface area contributed by atoms with Gasteiger partial charge < -0.3 is 15.7 Å². The molecule has 3 rings (SSSR count). The Kier molecular flexibility index (Phi) is 13.1. The van der Waals surface area contributed by atoms with Gasteiger partial charge in [-0.05, 0) is 55.5 Å². The van der Waals surface area contributed by atoms with Crippen molar-refractivity contribution in [1.82, 2.24) is 0 Å². The molecule has 216 valence electrons. The van der Waals surface area contributed by atoms with E-state index in [1.165, 1.54) is 19.3 Å². The maximum atomic E-state index is 12.5. The van der Waals surface area contributed by atoms with Gasteiger partial charge >= 0.3 is 0 Å². The zero-order chi connectivity index (χ0) is 28.7. The predicted molar refractivity (Wildman–Crippen MR) is 162 cm³/mol. The minimum absolute atomic E-state index is 0.0718. The van der Waals surface area contributed by atoms with Crippen LogP contribution in [0, 0.1) is 17.8 Å². The summed E-state index contributed by atoms with van der Waals surface area (Å²) in [6.45, 7) is 4.41. The first-order valence-electron chi connectivity index (χ1n) is 15.0. The highest BCUT2D eigenvalue weighted by Gasteiger charge is 2.39. The van der Waals surface area contributed by atoms with Crippen LogP contribution in [0.25, 0.3) is 0 Å². The van der Waals surface area contributed by atoms with E-state index < -0.39 is 6.10 Å². The third-order valence-corrected chi connectivity index (χ3v) is 7.77. The second-order valence-electron chi connectivity index (χ2n) is 11.2. The predicted octanol–water partition coefficient (Wildman–Crippen LogP) is 7.56. The van der Waals surface area contributed by atoms with Crippen molar-refractivity contribution < 1.29 is 19.5 Å². The van der Waals surface area contributed by atoms with Crippen molar-refractivity contribution in [3.8, 4) is 0 Å². The number of nitrogens with one attached hydrogen (secondary N) is 2. The first-order valence-corrected chi connectivity index (χ1v) is 15.0. The van der Waals surface area contributed by atoms with Gasteiger partial charge in [0, 0.05) is 41.6 Å². The second-order valence-corrected chi connectivity index (χ2v) is 11.2. The van der Waals surface area contributed by atoms with E-state index in [1.54, 1.807) is 24.3 Å². The van der Waals surface area contributed by atoms with E-state index in [9.17, 15) is 19.5 Å². The Labute approximate surface area is 239 Å². The molecule has 6 nitrogen and oxygen atoms in total. The number of ketones is 1. The number of unbranched alkanes of at least 4 members (excludes halogenated alkanes) is 5. The zero-order valence-electron chi connectivity index (χ0n) is 24.1. The molecule has 2 aromatic carbocycles. The molecule has 4 atom stereocenters. The lowest BCUT2D eigenvalue weighted by Gasteiger charge is -2.18. The van der Waals surface area contributed by atoms with E-state index in [2.05, 4.69) is 36.6 Å². The lowest BCUT2D eigenvalue weighted by atomic mass is 9.87. The van der Waals surface area contributed by atoms with Crippen molar-refractivity contribution in [2.75, 3.05) is 10.6 Å². The number of aliphatic hydroxyl groups is 1. The summed E-state index contributed by atoms with van der Waals surface area (Å²) >= 11 is 0. The summed E-state index contributed by atoms with van der Waals surface area (Å²) in [4.78, 5) is 37.5. The molecule has 6 heteroatoms. The highest BCUT2D eigenvalue weighted by molar-refractivity contribution is 6.05. The molecule has 0 radical (unpaired) electrons. The average molecular weight is 547 g/mol. The van der Waals surface area contributed by atoms with Crippen LogP contribution in [0.2, 0.25) is 0 Å². The van der Waals surface area contributed by atoms with Crippen molar-refractivity contribution in [1.29, 1.82) is 0 Å². The van der Waals surface area contributed by atoms with E-state index >= 15 is 0 Å². The molecule has 1 aliphatic carbocycles. The lowest BCUT2D eigenvalue weighted by molar-refractivity contribution is -0.121. The van der Waals surface area contributed by atoms with Crippen molar-refractivity contribution in [2.24, 2.45) is 17.8 Å². The van der Waals surface area contributed by atoms with Gasteiger partial charge in [0.05, 0.1) is 6.10 Å². The highest BCUT2D eigenvalue weighted by Crippen LogP contribution is 2.34. The maximum Gasteiger partial charge on any atom is 0.255 e. The zero-order valence-corrected chi connectivity index (χ0v) is 24.1. The number of amides is 2. The summed E-state index contributed by atoms with van der Waals surface area (Å²) in [7, 11) is 0. The van der Waals surface area contributed by atoms with Gasteiger partial charge in [-0.25, -0.2) is 0 Å². The average Bonchev–Trinajstić information content (AvgIpc) is 3.21. The molecule has 0 spiro atoms. The molecule has 0 bridgehead atoms.